The summed E-state index contributed by atoms with van der Waals surface area (Å²) < 4.78 is 11.8. The number of rotatable bonds is 6. The van der Waals surface area contributed by atoms with Crippen molar-refractivity contribution in [2.75, 3.05) is 14.1 Å². The van der Waals surface area contributed by atoms with Crippen molar-refractivity contribution in [2.24, 2.45) is 22.7 Å². The zero-order chi connectivity index (χ0) is 31.1. The van der Waals surface area contributed by atoms with Crippen LogP contribution in [0.5, 0.6) is 0 Å². The van der Waals surface area contributed by atoms with Gasteiger partial charge in [-0.1, -0.05) is 57.7 Å². The molecular weight excluding hydrogens is 534 g/mol. The topological polar surface area (TPSA) is 113 Å². The van der Waals surface area contributed by atoms with Crippen molar-refractivity contribution in [3.63, 3.8) is 0 Å². The second kappa shape index (κ2) is 12.1. The Morgan fingerprint density at radius 3 is 2.36 bits per heavy atom. The SMILES string of the molecule is C=C1[C@@H](OC(=O)CC(c2ccccc2)N(C)C)CC[C@@]2(C)C[C@@H](OC(C)=O)[C@H](O)C3=C(C)C(=O)C[C@@H]([C@@H](O)[C@H]12)C3(C)C. The summed E-state index contributed by atoms with van der Waals surface area (Å²) in [5.74, 6) is -2.09. The van der Waals surface area contributed by atoms with E-state index in [0.29, 0.717) is 29.6 Å². The number of ether oxygens (including phenoxy) is 2. The smallest absolute Gasteiger partial charge is 0.308 e. The molecular formula is C34H47NO7. The maximum absolute atomic E-state index is 13.3. The molecule has 0 radical (unpaired) electrons. The molecule has 2 fully saturated rings. The molecule has 2 saturated carbocycles. The highest BCUT2D eigenvalue weighted by atomic mass is 16.6. The highest BCUT2D eigenvalue weighted by Gasteiger charge is 2.57. The first-order valence-electron chi connectivity index (χ1n) is 15.0. The molecule has 2 N–H and O–H groups in total. The van der Waals surface area contributed by atoms with Gasteiger partial charge < -0.3 is 24.6 Å². The lowest BCUT2D eigenvalue weighted by Crippen LogP contribution is -2.51. The summed E-state index contributed by atoms with van der Waals surface area (Å²) >= 11 is 0. The van der Waals surface area contributed by atoms with Gasteiger partial charge in [0, 0.05) is 31.2 Å². The van der Waals surface area contributed by atoms with Gasteiger partial charge in [0.2, 0.25) is 0 Å². The van der Waals surface area contributed by atoms with Crippen molar-refractivity contribution < 1.29 is 34.1 Å². The molecule has 0 aromatic heterocycles. The van der Waals surface area contributed by atoms with E-state index in [9.17, 15) is 24.6 Å². The largest absolute Gasteiger partial charge is 0.459 e. The van der Waals surface area contributed by atoms with Gasteiger partial charge in [0.25, 0.3) is 0 Å². The third kappa shape index (κ3) is 5.99. The second-order valence-electron chi connectivity index (χ2n) is 13.6. The maximum Gasteiger partial charge on any atom is 0.308 e. The van der Waals surface area contributed by atoms with E-state index in [2.05, 4.69) is 6.58 Å². The molecule has 0 heterocycles. The Labute approximate surface area is 249 Å². The summed E-state index contributed by atoms with van der Waals surface area (Å²) in [5, 5.41) is 23.8. The highest BCUT2D eigenvalue weighted by Crippen LogP contribution is 2.57. The predicted octanol–water partition coefficient (Wildman–Crippen LogP) is 4.55. The van der Waals surface area contributed by atoms with E-state index in [1.807, 2.05) is 70.1 Å². The van der Waals surface area contributed by atoms with Gasteiger partial charge in [0.15, 0.2) is 5.78 Å². The number of nitrogens with zero attached hydrogens (tertiary/aromatic N) is 1. The number of ketones is 1. The summed E-state index contributed by atoms with van der Waals surface area (Å²) in [6.45, 7) is 13.3. The molecule has 4 rings (SSSR count). The van der Waals surface area contributed by atoms with Crippen molar-refractivity contribution in [3.05, 3.63) is 59.2 Å². The fourth-order valence-corrected chi connectivity index (χ4v) is 7.98. The Bertz CT molecular complexity index is 1250. The number of allylic oxidation sites excluding steroid dienone is 1. The maximum atomic E-state index is 13.3. The van der Waals surface area contributed by atoms with Gasteiger partial charge in [-0.15, -0.1) is 0 Å². The first kappa shape index (κ1) is 32.1. The fourth-order valence-electron chi connectivity index (χ4n) is 7.98. The van der Waals surface area contributed by atoms with Crippen LogP contribution in [-0.2, 0) is 23.9 Å². The zero-order valence-electron chi connectivity index (χ0n) is 26.1. The van der Waals surface area contributed by atoms with Gasteiger partial charge in [-0.25, -0.2) is 0 Å². The van der Waals surface area contributed by atoms with E-state index in [1.165, 1.54) is 6.92 Å². The van der Waals surface area contributed by atoms with Crippen molar-refractivity contribution in [1.29, 1.82) is 0 Å². The lowest BCUT2D eigenvalue weighted by molar-refractivity contribution is -0.158. The van der Waals surface area contributed by atoms with Crippen LogP contribution in [0.1, 0.15) is 78.3 Å². The molecule has 1 unspecified atom stereocenters. The number of esters is 2. The second-order valence-corrected chi connectivity index (χ2v) is 13.6. The number of aliphatic hydroxyl groups excluding tert-OH is 2. The quantitative estimate of drug-likeness (QED) is 0.372. The third-order valence-corrected chi connectivity index (χ3v) is 10.2. The number of aliphatic hydroxyl groups is 2. The van der Waals surface area contributed by atoms with Gasteiger partial charge in [0.1, 0.15) is 18.3 Å². The minimum Gasteiger partial charge on any atom is -0.459 e. The van der Waals surface area contributed by atoms with Crippen LogP contribution in [0.4, 0.5) is 0 Å². The molecule has 0 saturated heterocycles. The molecule has 0 spiro atoms. The lowest BCUT2D eigenvalue weighted by atomic mass is 9.55. The number of Topliss-reactive ketones (excluding diaryl/α,β-unsaturated/α-hetero) is 1. The number of carbonyl (C=O) groups is 3. The summed E-state index contributed by atoms with van der Waals surface area (Å²) in [7, 11) is 3.85. The van der Waals surface area contributed by atoms with Crippen LogP contribution < -0.4 is 0 Å². The lowest BCUT2D eigenvalue weighted by Gasteiger charge is -2.51. The number of hydrogen-bond acceptors (Lipinski definition) is 8. The van der Waals surface area contributed by atoms with Crippen molar-refractivity contribution >= 4 is 17.7 Å². The van der Waals surface area contributed by atoms with E-state index in [-0.39, 0.29) is 37.1 Å². The standard InChI is InChI=1S/C34H47NO7/c1-19-25(37)16-23-31(39)30-20(2)26(42-28(38)17-24(35(7)8)22-12-10-9-11-13-22)14-15-34(30,6)18-27(41-21(3)36)32(40)29(19)33(23,4)5/h9-13,23-24,26-27,30-32,39-40H,2,14-18H2,1,3-8H3/t23-,24?,26-,27+,30-,31+,32-,34-/m0/s1. The molecule has 42 heavy (non-hydrogen) atoms. The Kier molecular flexibility index (Phi) is 9.22. The molecule has 230 valence electrons. The van der Waals surface area contributed by atoms with Gasteiger partial charge in [-0.05, 0) is 73.4 Å². The molecule has 8 nitrogen and oxygen atoms in total. The molecule has 3 aliphatic carbocycles. The molecule has 0 amide bonds. The Morgan fingerprint density at radius 1 is 1.12 bits per heavy atom. The fraction of sp³-hybridized carbons (Fsp3) is 0.618. The van der Waals surface area contributed by atoms with Crippen molar-refractivity contribution in [1.82, 2.24) is 4.90 Å². The van der Waals surface area contributed by atoms with E-state index < -0.39 is 53.1 Å². The first-order chi connectivity index (χ1) is 19.6. The molecule has 8 atom stereocenters. The van der Waals surface area contributed by atoms with Crippen LogP contribution in [0.25, 0.3) is 0 Å². The molecule has 3 aliphatic rings. The highest BCUT2D eigenvalue weighted by molar-refractivity contribution is 5.97. The molecule has 0 aliphatic heterocycles. The average molecular weight is 582 g/mol. The number of hydrogen-bond donors (Lipinski definition) is 2. The number of fused-ring (bicyclic) bond motifs is 3. The van der Waals surface area contributed by atoms with Gasteiger partial charge in [-0.2, -0.15) is 0 Å². The van der Waals surface area contributed by atoms with Crippen LogP contribution in [0, 0.1) is 22.7 Å². The van der Waals surface area contributed by atoms with E-state index in [4.69, 9.17) is 9.47 Å². The van der Waals surface area contributed by atoms with Crippen LogP contribution in [-0.4, -0.2) is 71.3 Å². The number of carbonyl (C=O) groups excluding carboxylic acids is 3. The van der Waals surface area contributed by atoms with Crippen LogP contribution in [0.3, 0.4) is 0 Å². The molecule has 1 aromatic rings. The minimum absolute atomic E-state index is 0.125. The monoisotopic (exact) mass is 581 g/mol. The van der Waals surface area contributed by atoms with Crippen molar-refractivity contribution in [3.8, 4) is 0 Å². The summed E-state index contributed by atoms with van der Waals surface area (Å²) in [6, 6.07) is 9.64. The molecule has 2 bridgehead atoms. The van der Waals surface area contributed by atoms with Gasteiger partial charge in [0.05, 0.1) is 12.5 Å². The van der Waals surface area contributed by atoms with E-state index in [1.54, 1.807) is 6.92 Å². The summed E-state index contributed by atoms with van der Waals surface area (Å²) in [5.41, 5.74) is 1.18. The molecule has 1 aromatic carbocycles. The zero-order valence-corrected chi connectivity index (χ0v) is 26.1. The Balaban J connectivity index is 1.67. The average Bonchev–Trinajstić information content (AvgIpc) is 2.91. The van der Waals surface area contributed by atoms with Gasteiger partial charge >= 0.3 is 11.9 Å². The number of benzene rings is 1. The predicted molar refractivity (Wildman–Crippen MR) is 159 cm³/mol. The summed E-state index contributed by atoms with van der Waals surface area (Å²) in [6.07, 6.45) is -2.12. The molecule has 8 heteroatoms. The van der Waals surface area contributed by atoms with Gasteiger partial charge in [-0.3, -0.25) is 14.4 Å². The van der Waals surface area contributed by atoms with Crippen LogP contribution in [0.2, 0.25) is 0 Å². The Morgan fingerprint density at radius 2 is 1.76 bits per heavy atom. The van der Waals surface area contributed by atoms with Crippen LogP contribution >= 0.6 is 0 Å². The van der Waals surface area contributed by atoms with Crippen LogP contribution in [0.15, 0.2) is 53.6 Å². The van der Waals surface area contributed by atoms with Crippen molar-refractivity contribution in [2.45, 2.75) is 97.2 Å². The summed E-state index contributed by atoms with van der Waals surface area (Å²) in [4.78, 5) is 40.7. The Hall–Kier alpha value is -2.81. The first-order valence-corrected chi connectivity index (χ1v) is 15.0. The minimum atomic E-state index is -1.19. The van der Waals surface area contributed by atoms with E-state index >= 15 is 0 Å². The normalized spacial score (nSPS) is 33.7. The third-order valence-electron chi connectivity index (χ3n) is 10.2. The van der Waals surface area contributed by atoms with E-state index in [0.717, 1.165) is 5.56 Å².